The third-order valence-electron chi connectivity index (χ3n) is 3.81. The summed E-state index contributed by atoms with van der Waals surface area (Å²) in [6.45, 7) is 3.40. The maximum Gasteiger partial charge on any atom is 0.411 e. The molecule has 0 bridgehead atoms. The van der Waals surface area contributed by atoms with Crippen molar-refractivity contribution in [1.82, 2.24) is 0 Å². The number of Topliss-reactive ketones (excluding diaryl/α,β-unsaturated/α-hetero) is 2. The molecule has 2 rings (SSSR count). The number of ketones is 2. The number of carbonyl (C=O) groups is 4. The van der Waals surface area contributed by atoms with Crippen LogP contribution in [0.25, 0.3) is 0 Å². The largest absolute Gasteiger partial charge is 0.465 e. The van der Waals surface area contributed by atoms with Crippen molar-refractivity contribution in [2.24, 2.45) is 5.92 Å². The zero-order valence-corrected chi connectivity index (χ0v) is 15.6. The van der Waals surface area contributed by atoms with E-state index in [9.17, 15) is 19.2 Å². The van der Waals surface area contributed by atoms with E-state index < -0.39 is 29.5 Å². The summed E-state index contributed by atoms with van der Waals surface area (Å²) in [5.41, 5.74) is 0.365. The van der Waals surface area contributed by atoms with Gasteiger partial charge in [0.25, 0.3) is 0 Å². The van der Waals surface area contributed by atoms with Crippen molar-refractivity contribution in [1.29, 1.82) is 0 Å². The Balaban J connectivity index is 2.42. The fourth-order valence-electron chi connectivity index (χ4n) is 2.57. The molecule has 0 aromatic heterocycles. The third-order valence-corrected chi connectivity index (χ3v) is 3.81. The van der Waals surface area contributed by atoms with Crippen LogP contribution in [0.3, 0.4) is 0 Å². The molecule has 2 aromatic rings. The van der Waals surface area contributed by atoms with E-state index in [1.165, 1.54) is 24.3 Å². The molecule has 28 heavy (non-hydrogen) atoms. The molecule has 0 aliphatic carbocycles. The first-order valence-corrected chi connectivity index (χ1v) is 8.82. The maximum absolute atomic E-state index is 13.1. The molecule has 0 heterocycles. The van der Waals surface area contributed by atoms with Gasteiger partial charge in [-0.3, -0.25) is 19.7 Å². The second kappa shape index (κ2) is 10.0. The van der Waals surface area contributed by atoms with Crippen LogP contribution in [0.2, 0.25) is 0 Å². The van der Waals surface area contributed by atoms with Gasteiger partial charge in [-0.05, 0) is 26.0 Å². The normalized spacial score (nSPS) is 11.2. The molecule has 2 aromatic carbocycles. The van der Waals surface area contributed by atoms with E-state index >= 15 is 0 Å². The molecule has 1 amide bonds. The van der Waals surface area contributed by atoms with E-state index in [-0.39, 0.29) is 30.0 Å². The standard InChI is InChI=1S/C21H21NO6/c1-3-27-20(25)17(18(23)14-10-6-5-7-11-14)19(24)15-12-8-9-13-16(15)22-21(26)28-4-2/h5-13,17H,3-4H2,1-2H3,(H,22,26). The van der Waals surface area contributed by atoms with Crippen molar-refractivity contribution in [2.75, 3.05) is 18.5 Å². The van der Waals surface area contributed by atoms with Gasteiger partial charge in [0.2, 0.25) is 0 Å². The fraction of sp³-hybridized carbons (Fsp3) is 0.238. The van der Waals surface area contributed by atoms with Gasteiger partial charge in [-0.25, -0.2) is 4.79 Å². The highest BCUT2D eigenvalue weighted by molar-refractivity contribution is 6.27. The number of hydrogen-bond donors (Lipinski definition) is 1. The van der Waals surface area contributed by atoms with Crippen LogP contribution in [-0.4, -0.2) is 36.8 Å². The molecular weight excluding hydrogens is 362 g/mol. The van der Waals surface area contributed by atoms with Crippen molar-refractivity contribution in [3.8, 4) is 0 Å². The first-order valence-electron chi connectivity index (χ1n) is 8.82. The molecule has 7 nitrogen and oxygen atoms in total. The van der Waals surface area contributed by atoms with Crippen LogP contribution in [-0.2, 0) is 14.3 Å². The molecule has 7 heteroatoms. The van der Waals surface area contributed by atoms with Gasteiger partial charge in [-0.15, -0.1) is 0 Å². The predicted molar refractivity (Wildman–Crippen MR) is 102 cm³/mol. The minimum atomic E-state index is -1.67. The second-order valence-electron chi connectivity index (χ2n) is 5.67. The second-order valence-corrected chi connectivity index (χ2v) is 5.67. The number of rotatable bonds is 8. The van der Waals surface area contributed by atoms with E-state index in [0.717, 1.165) is 0 Å². The van der Waals surface area contributed by atoms with Crippen LogP contribution in [0.5, 0.6) is 0 Å². The molecule has 1 N–H and O–H groups in total. The molecular formula is C21H21NO6. The van der Waals surface area contributed by atoms with Gasteiger partial charge in [0.15, 0.2) is 17.5 Å². The van der Waals surface area contributed by atoms with Gasteiger partial charge in [0.05, 0.1) is 18.9 Å². The Morgan fingerprint density at radius 2 is 1.43 bits per heavy atom. The highest BCUT2D eigenvalue weighted by Crippen LogP contribution is 2.23. The van der Waals surface area contributed by atoms with Crippen LogP contribution in [0.4, 0.5) is 10.5 Å². The lowest BCUT2D eigenvalue weighted by Crippen LogP contribution is -2.34. The molecule has 0 fully saturated rings. The van der Waals surface area contributed by atoms with Gasteiger partial charge in [0, 0.05) is 11.1 Å². The van der Waals surface area contributed by atoms with Crippen LogP contribution in [0.1, 0.15) is 34.6 Å². The topological polar surface area (TPSA) is 98.8 Å². The summed E-state index contributed by atoms with van der Waals surface area (Å²) in [6.07, 6.45) is -0.746. The molecule has 0 saturated heterocycles. The van der Waals surface area contributed by atoms with Gasteiger partial charge < -0.3 is 9.47 Å². The average molecular weight is 383 g/mol. The zero-order valence-electron chi connectivity index (χ0n) is 15.6. The number of ether oxygens (including phenoxy) is 2. The molecule has 0 aliphatic rings. The minimum absolute atomic E-state index is 0.0119. The summed E-state index contributed by atoms with van der Waals surface area (Å²) in [4.78, 5) is 50.2. The Kier molecular flexibility index (Phi) is 7.45. The number of benzene rings is 2. The molecule has 0 spiro atoms. The van der Waals surface area contributed by atoms with Crippen molar-refractivity contribution in [2.45, 2.75) is 13.8 Å². The molecule has 0 radical (unpaired) electrons. The summed E-state index contributed by atoms with van der Waals surface area (Å²) in [5, 5.41) is 2.45. The molecule has 146 valence electrons. The van der Waals surface area contributed by atoms with Gasteiger partial charge in [-0.2, -0.15) is 0 Å². The number of esters is 1. The molecule has 0 aliphatic heterocycles. The van der Waals surface area contributed by atoms with Crippen molar-refractivity contribution < 1.29 is 28.7 Å². The summed E-state index contributed by atoms with van der Waals surface area (Å²) >= 11 is 0. The lowest BCUT2D eigenvalue weighted by Gasteiger charge is -2.16. The van der Waals surface area contributed by atoms with E-state index in [0.29, 0.717) is 0 Å². The summed E-state index contributed by atoms with van der Waals surface area (Å²) < 4.78 is 9.78. The highest BCUT2D eigenvalue weighted by Gasteiger charge is 2.37. The monoisotopic (exact) mass is 383 g/mol. The van der Waals surface area contributed by atoms with E-state index in [1.807, 2.05) is 0 Å². The lowest BCUT2D eigenvalue weighted by molar-refractivity contribution is -0.144. The Morgan fingerprint density at radius 1 is 0.821 bits per heavy atom. The van der Waals surface area contributed by atoms with E-state index in [4.69, 9.17) is 9.47 Å². The summed E-state index contributed by atoms with van der Waals surface area (Å²) in [5.74, 6) is -4.05. The summed E-state index contributed by atoms with van der Waals surface area (Å²) in [7, 11) is 0. The number of nitrogens with one attached hydrogen (secondary N) is 1. The van der Waals surface area contributed by atoms with E-state index in [2.05, 4.69) is 5.32 Å². The minimum Gasteiger partial charge on any atom is -0.465 e. The highest BCUT2D eigenvalue weighted by atomic mass is 16.5. The van der Waals surface area contributed by atoms with Crippen LogP contribution >= 0.6 is 0 Å². The smallest absolute Gasteiger partial charge is 0.411 e. The summed E-state index contributed by atoms with van der Waals surface area (Å²) in [6, 6.07) is 14.1. The van der Waals surface area contributed by atoms with Crippen molar-refractivity contribution in [3.63, 3.8) is 0 Å². The Morgan fingerprint density at radius 3 is 2.07 bits per heavy atom. The number of carbonyl (C=O) groups excluding carboxylic acids is 4. The lowest BCUT2D eigenvalue weighted by atomic mass is 9.89. The first kappa shape index (κ1) is 20.8. The third kappa shape index (κ3) is 5.03. The molecule has 1 unspecified atom stereocenters. The zero-order chi connectivity index (χ0) is 20.5. The quantitative estimate of drug-likeness (QED) is 0.426. The Hall–Kier alpha value is -3.48. The molecule has 0 saturated carbocycles. The maximum atomic E-state index is 13.1. The van der Waals surface area contributed by atoms with Crippen molar-refractivity contribution in [3.05, 3.63) is 65.7 Å². The Bertz CT molecular complexity index is 862. The number of hydrogen-bond acceptors (Lipinski definition) is 6. The van der Waals surface area contributed by atoms with Gasteiger partial charge >= 0.3 is 12.1 Å². The first-order chi connectivity index (χ1) is 13.5. The average Bonchev–Trinajstić information content (AvgIpc) is 2.69. The van der Waals surface area contributed by atoms with Gasteiger partial charge in [-0.1, -0.05) is 42.5 Å². The number of amides is 1. The van der Waals surface area contributed by atoms with Crippen LogP contribution < -0.4 is 5.32 Å². The van der Waals surface area contributed by atoms with Crippen molar-refractivity contribution >= 4 is 29.3 Å². The van der Waals surface area contributed by atoms with E-state index in [1.54, 1.807) is 44.2 Å². The Labute approximate surface area is 162 Å². The predicted octanol–water partition coefficient (Wildman–Crippen LogP) is 3.50. The fourth-order valence-corrected chi connectivity index (χ4v) is 2.57. The number of para-hydroxylation sites is 1. The number of anilines is 1. The van der Waals surface area contributed by atoms with Gasteiger partial charge in [0.1, 0.15) is 0 Å². The molecule has 1 atom stereocenters. The SMILES string of the molecule is CCOC(=O)Nc1ccccc1C(=O)C(C(=O)OCC)C(=O)c1ccccc1. The van der Waals surface area contributed by atoms with Crippen LogP contribution in [0, 0.1) is 5.92 Å². The van der Waals surface area contributed by atoms with Crippen LogP contribution in [0.15, 0.2) is 54.6 Å².